The molecule has 4 rings (SSSR count). The zero-order chi connectivity index (χ0) is 21.3. The number of rotatable bonds is 4. The highest BCUT2D eigenvalue weighted by molar-refractivity contribution is 6.05. The third-order valence-electron chi connectivity index (χ3n) is 5.32. The Balaban J connectivity index is 1.53. The topological polar surface area (TPSA) is 75.4 Å². The van der Waals surface area contributed by atoms with Crippen LogP contribution in [0.25, 0.3) is 0 Å². The summed E-state index contributed by atoms with van der Waals surface area (Å²) < 4.78 is 18.1. The monoisotopic (exact) mass is 407 g/mol. The van der Waals surface area contributed by atoms with Gasteiger partial charge < -0.3 is 14.7 Å². The summed E-state index contributed by atoms with van der Waals surface area (Å²) in [5.41, 5.74) is 3.55. The van der Waals surface area contributed by atoms with E-state index in [1.165, 1.54) is 24.3 Å². The van der Waals surface area contributed by atoms with Crippen molar-refractivity contribution in [1.29, 1.82) is 0 Å². The van der Waals surface area contributed by atoms with Gasteiger partial charge in [-0.15, -0.1) is 0 Å². The molecule has 1 unspecified atom stereocenters. The molecule has 2 heterocycles. The van der Waals surface area contributed by atoms with E-state index >= 15 is 0 Å². The Bertz CT molecular complexity index is 1090. The molecule has 0 bridgehead atoms. The molecule has 3 aromatic rings. The Morgan fingerprint density at radius 2 is 1.93 bits per heavy atom. The van der Waals surface area contributed by atoms with Gasteiger partial charge in [0.2, 0.25) is 5.91 Å². The molecule has 0 fully saturated rings. The van der Waals surface area contributed by atoms with Crippen molar-refractivity contribution in [3.63, 3.8) is 0 Å². The Kier molecular flexibility index (Phi) is 5.35. The van der Waals surface area contributed by atoms with E-state index in [2.05, 4.69) is 10.5 Å². The first kappa shape index (κ1) is 19.8. The fourth-order valence-electron chi connectivity index (χ4n) is 3.64. The average Bonchev–Trinajstić information content (AvgIpc) is 3.19. The standard InChI is InChI=1S/C23H22FN3O3/c1-14-12-20(26-30-14)23(29)27-11-3-4-17-13-16(5-10-21(17)27)15(2)22(28)25-19-8-6-18(24)7-9-19/h5-10,12-13,15H,3-4,11H2,1-2H3,(H,25,28). The molecular weight excluding hydrogens is 385 g/mol. The maximum atomic E-state index is 13.1. The van der Waals surface area contributed by atoms with E-state index in [-0.39, 0.29) is 23.3 Å². The molecule has 1 atom stereocenters. The number of benzene rings is 2. The normalized spacial score (nSPS) is 14.2. The fraction of sp³-hybridized carbons (Fsp3) is 0.261. The minimum absolute atomic E-state index is 0.177. The third kappa shape index (κ3) is 3.96. The summed E-state index contributed by atoms with van der Waals surface area (Å²) in [5.74, 6) is -0.529. The summed E-state index contributed by atoms with van der Waals surface area (Å²) in [4.78, 5) is 27.2. The molecule has 1 aromatic heterocycles. The van der Waals surface area contributed by atoms with Gasteiger partial charge in [-0.1, -0.05) is 17.3 Å². The molecule has 30 heavy (non-hydrogen) atoms. The Morgan fingerprint density at radius 1 is 1.17 bits per heavy atom. The van der Waals surface area contributed by atoms with E-state index in [0.29, 0.717) is 18.0 Å². The van der Waals surface area contributed by atoms with Gasteiger partial charge in [0.05, 0.1) is 5.92 Å². The van der Waals surface area contributed by atoms with Crippen molar-refractivity contribution in [1.82, 2.24) is 5.16 Å². The lowest BCUT2D eigenvalue weighted by atomic mass is 9.93. The minimum atomic E-state index is -0.398. The van der Waals surface area contributed by atoms with Crippen LogP contribution in [0.3, 0.4) is 0 Å². The van der Waals surface area contributed by atoms with Gasteiger partial charge in [0, 0.05) is 24.0 Å². The maximum absolute atomic E-state index is 13.1. The third-order valence-corrected chi connectivity index (χ3v) is 5.32. The number of fused-ring (bicyclic) bond motifs is 1. The van der Waals surface area contributed by atoms with E-state index in [1.807, 2.05) is 25.1 Å². The van der Waals surface area contributed by atoms with Crippen molar-refractivity contribution in [2.24, 2.45) is 0 Å². The molecule has 1 aliphatic rings. The molecular formula is C23H22FN3O3. The molecule has 1 N–H and O–H groups in total. The van der Waals surface area contributed by atoms with Crippen molar-refractivity contribution >= 4 is 23.2 Å². The zero-order valence-corrected chi connectivity index (χ0v) is 16.8. The van der Waals surface area contributed by atoms with Gasteiger partial charge >= 0.3 is 0 Å². The van der Waals surface area contributed by atoms with Crippen LogP contribution >= 0.6 is 0 Å². The Hall–Kier alpha value is -3.48. The van der Waals surface area contributed by atoms with E-state index in [9.17, 15) is 14.0 Å². The highest BCUT2D eigenvalue weighted by Gasteiger charge is 2.27. The first-order valence-electron chi connectivity index (χ1n) is 9.87. The highest BCUT2D eigenvalue weighted by Crippen LogP contribution is 2.31. The molecule has 2 amide bonds. The van der Waals surface area contributed by atoms with E-state index in [4.69, 9.17) is 4.52 Å². The number of carbonyl (C=O) groups is 2. The predicted octanol–water partition coefficient (Wildman–Crippen LogP) is 4.46. The number of amides is 2. The number of hydrogen-bond donors (Lipinski definition) is 1. The number of hydrogen-bond acceptors (Lipinski definition) is 4. The van der Waals surface area contributed by atoms with E-state index in [0.717, 1.165) is 29.7 Å². The van der Waals surface area contributed by atoms with Crippen LogP contribution in [0, 0.1) is 12.7 Å². The summed E-state index contributed by atoms with van der Waals surface area (Å²) in [5, 5.41) is 6.64. The van der Waals surface area contributed by atoms with Gasteiger partial charge in [-0.25, -0.2) is 4.39 Å². The van der Waals surface area contributed by atoms with Crippen LogP contribution in [0.4, 0.5) is 15.8 Å². The average molecular weight is 407 g/mol. The van der Waals surface area contributed by atoms with Crippen molar-refractivity contribution in [3.05, 3.63) is 76.9 Å². The van der Waals surface area contributed by atoms with Crippen LogP contribution in [0.5, 0.6) is 0 Å². The van der Waals surface area contributed by atoms with E-state index < -0.39 is 5.92 Å². The van der Waals surface area contributed by atoms with Crippen molar-refractivity contribution in [3.8, 4) is 0 Å². The number of aryl methyl sites for hydroxylation is 2. The van der Waals surface area contributed by atoms with Gasteiger partial charge in [0.15, 0.2) is 5.69 Å². The van der Waals surface area contributed by atoms with Crippen LogP contribution in [0.15, 0.2) is 53.1 Å². The lowest BCUT2D eigenvalue weighted by molar-refractivity contribution is -0.117. The van der Waals surface area contributed by atoms with E-state index in [1.54, 1.807) is 17.9 Å². The lowest BCUT2D eigenvalue weighted by Crippen LogP contribution is -2.35. The molecule has 0 aliphatic carbocycles. The second-order valence-electron chi connectivity index (χ2n) is 7.49. The summed E-state index contributed by atoms with van der Waals surface area (Å²) in [6, 6.07) is 13.0. The first-order chi connectivity index (χ1) is 14.4. The number of carbonyl (C=O) groups excluding carboxylic acids is 2. The number of aromatic nitrogens is 1. The molecule has 6 nitrogen and oxygen atoms in total. The van der Waals surface area contributed by atoms with Crippen molar-refractivity contribution < 1.29 is 18.5 Å². The molecule has 0 radical (unpaired) electrons. The number of halogens is 1. The molecule has 1 aliphatic heterocycles. The number of nitrogens with one attached hydrogen (secondary N) is 1. The number of anilines is 2. The quantitative estimate of drug-likeness (QED) is 0.693. The highest BCUT2D eigenvalue weighted by atomic mass is 19.1. The lowest BCUT2D eigenvalue weighted by Gasteiger charge is -2.29. The largest absolute Gasteiger partial charge is 0.361 e. The summed E-state index contributed by atoms with van der Waals surface area (Å²) in [7, 11) is 0. The van der Waals surface area contributed by atoms with Crippen molar-refractivity contribution in [2.45, 2.75) is 32.6 Å². The summed E-state index contributed by atoms with van der Waals surface area (Å²) in [6.07, 6.45) is 1.66. The van der Waals surface area contributed by atoms with Crippen molar-refractivity contribution in [2.75, 3.05) is 16.8 Å². The molecule has 0 saturated heterocycles. The van der Waals surface area contributed by atoms with Gasteiger partial charge in [-0.05, 0) is 68.1 Å². The molecule has 7 heteroatoms. The molecule has 154 valence electrons. The van der Waals surface area contributed by atoms with Crippen LogP contribution in [-0.4, -0.2) is 23.5 Å². The summed E-state index contributed by atoms with van der Waals surface area (Å²) >= 11 is 0. The second-order valence-corrected chi connectivity index (χ2v) is 7.49. The summed E-state index contributed by atoms with van der Waals surface area (Å²) in [6.45, 7) is 4.18. The van der Waals surface area contributed by atoms with Crippen LogP contribution in [0.2, 0.25) is 0 Å². The predicted molar refractivity (Wildman–Crippen MR) is 111 cm³/mol. The fourth-order valence-corrected chi connectivity index (χ4v) is 3.64. The molecule has 2 aromatic carbocycles. The van der Waals surface area contributed by atoms with Crippen LogP contribution in [0.1, 0.15) is 46.6 Å². The smallest absolute Gasteiger partial charge is 0.280 e. The maximum Gasteiger partial charge on any atom is 0.280 e. The van der Waals surface area contributed by atoms with Crippen LogP contribution in [-0.2, 0) is 11.2 Å². The molecule has 0 saturated carbocycles. The van der Waals surface area contributed by atoms with Gasteiger partial charge in [-0.3, -0.25) is 9.59 Å². The Morgan fingerprint density at radius 3 is 2.63 bits per heavy atom. The Labute approximate surface area is 173 Å². The molecule has 0 spiro atoms. The van der Waals surface area contributed by atoms with Crippen LogP contribution < -0.4 is 10.2 Å². The zero-order valence-electron chi connectivity index (χ0n) is 16.8. The second kappa shape index (κ2) is 8.10. The van der Waals surface area contributed by atoms with Gasteiger partial charge in [0.25, 0.3) is 5.91 Å². The van der Waals surface area contributed by atoms with Gasteiger partial charge in [0.1, 0.15) is 11.6 Å². The minimum Gasteiger partial charge on any atom is -0.361 e. The number of nitrogens with zero attached hydrogens (tertiary/aromatic N) is 2. The SMILES string of the molecule is Cc1cc(C(=O)N2CCCc3cc(C(C)C(=O)Nc4ccc(F)cc4)ccc32)no1. The first-order valence-corrected chi connectivity index (χ1v) is 9.87. The van der Waals surface area contributed by atoms with Gasteiger partial charge in [-0.2, -0.15) is 0 Å².